The van der Waals surface area contributed by atoms with Gasteiger partial charge in [-0.15, -0.1) is 0 Å². The molecule has 1 heterocycles. The van der Waals surface area contributed by atoms with Crippen LogP contribution in [0.2, 0.25) is 5.15 Å². The third-order valence-corrected chi connectivity index (χ3v) is 2.32. The minimum atomic E-state index is 0.274. The maximum Gasteiger partial charge on any atom is 0.135 e. The van der Waals surface area contributed by atoms with Crippen LogP contribution in [0, 0.1) is 0 Å². The fraction of sp³-hybridized carbons (Fsp3) is 0.100. The van der Waals surface area contributed by atoms with Crippen LogP contribution < -0.4 is 5.90 Å². The van der Waals surface area contributed by atoms with Crippen LogP contribution in [0.4, 0.5) is 0 Å². The standard InChI is InChI=1S/C10H9ClN2O/c11-10-8(6-14-12)5-7-3-1-2-4-9(7)13-10/h1-5H,6,12H2. The Bertz CT molecular complexity index is 459. The normalized spacial score (nSPS) is 10.7. The molecule has 0 radical (unpaired) electrons. The molecular weight excluding hydrogens is 200 g/mol. The van der Waals surface area contributed by atoms with Gasteiger partial charge in [-0.2, -0.15) is 0 Å². The summed E-state index contributed by atoms with van der Waals surface area (Å²) >= 11 is 5.94. The van der Waals surface area contributed by atoms with Crippen molar-refractivity contribution in [3.05, 3.63) is 41.0 Å². The highest BCUT2D eigenvalue weighted by molar-refractivity contribution is 6.30. The van der Waals surface area contributed by atoms with Crippen LogP contribution in [0.15, 0.2) is 30.3 Å². The molecule has 0 aliphatic heterocycles. The molecule has 0 saturated heterocycles. The van der Waals surface area contributed by atoms with Gasteiger partial charge in [0.05, 0.1) is 12.1 Å². The number of para-hydroxylation sites is 1. The Morgan fingerprint density at radius 2 is 2.14 bits per heavy atom. The third-order valence-electron chi connectivity index (χ3n) is 1.99. The zero-order valence-electron chi connectivity index (χ0n) is 7.40. The molecule has 1 aromatic carbocycles. The molecule has 0 saturated carbocycles. The summed E-state index contributed by atoms with van der Waals surface area (Å²) in [5.74, 6) is 4.99. The predicted molar refractivity (Wildman–Crippen MR) is 55.7 cm³/mol. The molecule has 72 valence electrons. The summed E-state index contributed by atoms with van der Waals surface area (Å²) in [7, 11) is 0. The van der Waals surface area contributed by atoms with Crippen LogP contribution in [0.25, 0.3) is 10.9 Å². The average molecular weight is 209 g/mol. The minimum Gasteiger partial charge on any atom is -0.300 e. The first kappa shape index (κ1) is 9.40. The highest BCUT2D eigenvalue weighted by atomic mass is 35.5. The van der Waals surface area contributed by atoms with Crippen molar-refractivity contribution < 1.29 is 4.84 Å². The Labute approximate surface area is 86.4 Å². The van der Waals surface area contributed by atoms with Crippen molar-refractivity contribution in [2.24, 2.45) is 5.90 Å². The second-order valence-corrected chi connectivity index (χ2v) is 3.30. The van der Waals surface area contributed by atoms with Gasteiger partial charge < -0.3 is 0 Å². The van der Waals surface area contributed by atoms with E-state index in [9.17, 15) is 0 Å². The second-order valence-electron chi connectivity index (χ2n) is 2.94. The smallest absolute Gasteiger partial charge is 0.135 e. The summed E-state index contributed by atoms with van der Waals surface area (Å²) in [4.78, 5) is 8.76. The van der Waals surface area contributed by atoms with Gasteiger partial charge in [0.1, 0.15) is 5.15 Å². The van der Waals surface area contributed by atoms with E-state index in [1.807, 2.05) is 30.3 Å². The topological polar surface area (TPSA) is 48.1 Å². The molecule has 0 aliphatic carbocycles. The molecule has 0 unspecified atom stereocenters. The zero-order chi connectivity index (χ0) is 9.97. The number of rotatable bonds is 2. The van der Waals surface area contributed by atoms with Crippen molar-refractivity contribution in [1.82, 2.24) is 4.98 Å². The van der Waals surface area contributed by atoms with Gasteiger partial charge in [-0.25, -0.2) is 10.9 Å². The largest absolute Gasteiger partial charge is 0.300 e. The summed E-state index contributed by atoms with van der Waals surface area (Å²) in [6.07, 6.45) is 0. The zero-order valence-corrected chi connectivity index (χ0v) is 8.16. The highest BCUT2D eigenvalue weighted by Crippen LogP contribution is 2.20. The molecule has 0 spiro atoms. The SMILES string of the molecule is NOCc1cc2ccccc2nc1Cl. The average Bonchev–Trinajstić information content (AvgIpc) is 2.19. The number of halogens is 1. The summed E-state index contributed by atoms with van der Waals surface area (Å²) in [5.41, 5.74) is 1.67. The number of pyridine rings is 1. The molecule has 3 nitrogen and oxygen atoms in total. The number of fused-ring (bicyclic) bond motifs is 1. The van der Waals surface area contributed by atoms with Crippen LogP contribution >= 0.6 is 11.6 Å². The fourth-order valence-corrected chi connectivity index (χ4v) is 1.53. The fourth-order valence-electron chi connectivity index (χ4n) is 1.33. The highest BCUT2D eigenvalue weighted by Gasteiger charge is 2.03. The number of nitrogens with zero attached hydrogens (tertiary/aromatic N) is 1. The van der Waals surface area contributed by atoms with Gasteiger partial charge in [0.25, 0.3) is 0 Å². The molecule has 2 rings (SSSR count). The Morgan fingerprint density at radius 3 is 2.93 bits per heavy atom. The van der Waals surface area contributed by atoms with Gasteiger partial charge in [0, 0.05) is 10.9 Å². The van der Waals surface area contributed by atoms with Crippen LogP contribution in [0.3, 0.4) is 0 Å². The molecule has 0 atom stereocenters. The van der Waals surface area contributed by atoms with E-state index in [-0.39, 0.29) is 6.61 Å². The van der Waals surface area contributed by atoms with Gasteiger partial charge in [0.2, 0.25) is 0 Å². The van der Waals surface area contributed by atoms with E-state index >= 15 is 0 Å². The first-order valence-corrected chi connectivity index (χ1v) is 4.55. The lowest BCUT2D eigenvalue weighted by atomic mass is 10.2. The van der Waals surface area contributed by atoms with Gasteiger partial charge in [-0.1, -0.05) is 29.8 Å². The van der Waals surface area contributed by atoms with Crippen LogP contribution in [-0.4, -0.2) is 4.98 Å². The van der Waals surface area contributed by atoms with E-state index in [2.05, 4.69) is 9.82 Å². The Morgan fingerprint density at radius 1 is 1.36 bits per heavy atom. The molecule has 2 aromatic rings. The predicted octanol–water partition coefficient (Wildman–Crippen LogP) is 2.28. The summed E-state index contributed by atoms with van der Waals surface area (Å²) in [6, 6.07) is 9.68. The summed E-state index contributed by atoms with van der Waals surface area (Å²) < 4.78 is 0. The van der Waals surface area contributed by atoms with Gasteiger partial charge >= 0.3 is 0 Å². The van der Waals surface area contributed by atoms with E-state index in [1.165, 1.54) is 0 Å². The summed E-state index contributed by atoms with van der Waals surface area (Å²) in [6.45, 7) is 0.274. The summed E-state index contributed by atoms with van der Waals surface area (Å²) in [5, 5.41) is 1.47. The number of aromatic nitrogens is 1. The molecule has 0 fully saturated rings. The number of hydrogen-bond donors (Lipinski definition) is 1. The van der Waals surface area contributed by atoms with E-state index in [1.54, 1.807) is 0 Å². The maximum absolute atomic E-state index is 5.94. The molecule has 0 bridgehead atoms. The van der Waals surface area contributed by atoms with E-state index in [0.29, 0.717) is 5.15 Å². The number of benzene rings is 1. The Kier molecular flexibility index (Phi) is 2.63. The van der Waals surface area contributed by atoms with Gasteiger partial charge in [-0.05, 0) is 12.1 Å². The molecule has 0 amide bonds. The quantitative estimate of drug-likeness (QED) is 0.609. The molecular formula is C10H9ClN2O. The van der Waals surface area contributed by atoms with E-state index in [0.717, 1.165) is 16.5 Å². The van der Waals surface area contributed by atoms with Crippen molar-refractivity contribution in [3.8, 4) is 0 Å². The molecule has 14 heavy (non-hydrogen) atoms. The van der Waals surface area contributed by atoms with E-state index in [4.69, 9.17) is 17.5 Å². The second kappa shape index (κ2) is 3.92. The van der Waals surface area contributed by atoms with Gasteiger partial charge in [-0.3, -0.25) is 4.84 Å². The lowest BCUT2D eigenvalue weighted by Gasteiger charge is -2.03. The lowest BCUT2D eigenvalue weighted by molar-refractivity contribution is 0.124. The first-order chi connectivity index (χ1) is 6.81. The Balaban J connectivity index is 2.59. The molecule has 4 heteroatoms. The van der Waals surface area contributed by atoms with Crippen molar-refractivity contribution >= 4 is 22.5 Å². The molecule has 0 aliphatic rings. The number of nitrogens with two attached hydrogens (primary N) is 1. The first-order valence-electron chi connectivity index (χ1n) is 4.17. The number of hydrogen-bond acceptors (Lipinski definition) is 3. The monoisotopic (exact) mass is 208 g/mol. The van der Waals surface area contributed by atoms with E-state index < -0.39 is 0 Å². The maximum atomic E-state index is 5.94. The Hall–Kier alpha value is -1.16. The molecule has 2 N–H and O–H groups in total. The molecule has 1 aromatic heterocycles. The van der Waals surface area contributed by atoms with Crippen LogP contribution in [0.5, 0.6) is 0 Å². The van der Waals surface area contributed by atoms with Crippen molar-refractivity contribution in [1.29, 1.82) is 0 Å². The minimum absolute atomic E-state index is 0.274. The van der Waals surface area contributed by atoms with Crippen molar-refractivity contribution in [2.75, 3.05) is 0 Å². The lowest BCUT2D eigenvalue weighted by Crippen LogP contribution is -2.00. The van der Waals surface area contributed by atoms with Crippen LogP contribution in [0.1, 0.15) is 5.56 Å². The van der Waals surface area contributed by atoms with Crippen molar-refractivity contribution in [2.45, 2.75) is 6.61 Å². The van der Waals surface area contributed by atoms with Crippen molar-refractivity contribution in [3.63, 3.8) is 0 Å². The third kappa shape index (κ3) is 1.70. The van der Waals surface area contributed by atoms with Crippen LogP contribution in [-0.2, 0) is 11.4 Å². The van der Waals surface area contributed by atoms with Gasteiger partial charge in [0.15, 0.2) is 0 Å².